The van der Waals surface area contributed by atoms with Gasteiger partial charge in [0.15, 0.2) is 11.5 Å². The second kappa shape index (κ2) is 7.95. The van der Waals surface area contributed by atoms with Crippen molar-refractivity contribution in [2.45, 2.75) is 38.9 Å². The molecule has 0 unspecified atom stereocenters. The SMILES string of the molecule is CCC(CC)N1C(=O)c2cccc(N=NC3=C(O)c4ccc(C(F)(F)F)cc4C3=O)c2C1=O. The summed E-state index contributed by atoms with van der Waals surface area (Å²) in [4.78, 5) is 39.6. The molecule has 33 heavy (non-hydrogen) atoms. The fraction of sp³-hybridized carbons (Fsp3) is 0.261. The van der Waals surface area contributed by atoms with E-state index < -0.39 is 40.8 Å². The van der Waals surface area contributed by atoms with Crippen molar-refractivity contribution in [1.29, 1.82) is 0 Å². The van der Waals surface area contributed by atoms with Crippen LogP contribution in [0.1, 0.15) is 68.9 Å². The van der Waals surface area contributed by atoms with Crippen LogP contribution in [0.3, 0.4) is 0 Å². The number of fused-ring (bicyclic) bond motifs is 2. The predicted molar refractivity (Wildman–Crippen MR) is 111 cm³/mol. The van der Waals surface area contributed by atoms with Gasteiger partial charge in [0.1, 0.15) is 0 Å². The highest BCUT2D eigenvalue weighted by Gasteiger charge is 2.41. The maximum Gasteiger partial charge on any atom is 0.416 e. The smallest absolute Gasteiger partial charge is 0.416 e. The van der Waals surface area contributed by atoms with Crippen LogP contribution in [0.25, 0.3) is 5.76 Å². The molecule has 2 amide bonds. The van der Waals surface area contributed by atoms with Crippen LogP contribution >= 0.6 is 0 Å². The van der Waals surface area contributed by atoms with Gasteiger partial charge < -0.3 is 5.11 Å². The maximum atomic E-state index is 13.0. The molecule has 1 aliphatic carbocycles. The lowest BCUT2D eigenvalue weighted by Crippen LogP contribution is -2.39. The zero-order valence-corrected chi connectivity index (χ0v) is 17.6. The van der Waals surface area contributed by atoms with Crippen LogP contribution in [0.2, 0.25) is 0 Å². The van der Waals surface area contributed by atoms with Gasteiger partial charge in [0, 0.05) is 17.2 Å². The number of benzene rings is 2. The second-order valence-corrected chi connectivity index (χ2v) is 7.63. The zero-order chi connectivity index (χ0) is 24.1. The Kier molecular flexibility index (Phi) is 5.39. The number of amides is 2. The minimum Gasteiger partial charge on any atom is -0.505 e. The van der Waals surface area contributed by atoms with Gasteiger partial charge in [0.2, 0.25) is 5.78 Å². The van der Waals surface area contributed by atoms with Gasteiger partial charge in [-0.2, -0.15) is 13.2 Å². The average molecular weight is 457 g/mol. The van der Waals surface area contributed by atoms with Gasteiger partial charge >= 0.3 is 6.18 Å². The standard InChI is InChI=1S/C23H18F3N3O4/c1-3-12(4-2)29-21(32)14-6-5-7-16(17(14)22(29)33)27-28-18-19(30)13-9-8-11(23(24,25)26)10-15(13)20(18)31/h5-10,12,30H,3-4H2,1-2H3. The summed E-state index contributed by atoms with van der Waals surface area (Å²) in [6.45, 7) is 3.72. The summed E-state index contributed by atoms with van der Waals surface area (Å²) in [5, 5.41) is 18.0. The number of hydrogen-bond donors (Lipinski definition) is 1. The Balaban J connectivity index is 1.70. The van der Waals surface area contributed by atoms with E-state index in [0.29, 0.717) is 18.9 Å². The van der Waals surface area contributed by atoms with E-state index in [1.807, 2.05) is 13.8 Å². The minimum atomic E-state index is -4.66. The first-order chi connectivity index (χ1) is 15.6. The van der Waals surface area contributed by atoms with E-state index in [9.17, 15) is 32.7 Å². The number of azo groups is 1. The number of aliphatic hydroxyl groups is 1. The number of Topliss-reactive ketones (excluding diaryl/α,β-unsaturated/α-hetero) is 1. The number of ketones is 1. The number of hydrogen-bond acceptors (Lipinski definition) is 6. The first-order valence-corrected chi connectivity index (χ1v) is 10.2. The molecule has 2 aliphatic rings. The van der Waals surface area contributed by atoms with Gasteiger partial charge in [-0.15, -0.1) is 10.2 Å². The molecule has 4 rings (SSSR count). The van der Waals surface area contributed by atoms with Crippen LogP contribution in [0.15, 0.2) is 52.3 Å². The molecule has 0 atom stereocenters. The second-order valence-electron chi connectivity index (χ2n) is 7.63. The lowest BCUT2D eigenvalue weighted by Gasteiger charge is -2.23. The first-order valence-electron chi connectivity index (χ1n) is 10.2. The summed E-state index contributed by atoms with van der Waals surface area (Å²) < 4.78 is 39.0. The van der Waals surface area contributed by atoms with Crippen molar-refractivity contribution in [3.8, 4) is 0 Å². The first kappa shape index (κ1) is 22.4. The van der Waals surface area contributed by atoms with Gasteiger partial charge in [-0.1, -0.05) is 19.9 Å². The summed E-state index contributed by atoms with van der Waals surface area (Å²) in [7, 11) is 0. The molecular formula is C23H18F3N3O4. The molecule has 0 radical (unpaired) electrons. The third-order valence-corrected chi connectivity index (χ3v) is 5.78. The Bertz CT molecular complexity index is 1260. The molecule has 0 saturated carbocycles. The Morgan fingerprint density at radius 1 is 0.939 bits per heavy atom. The molecular weight excluding hydrogens is 439 g/mol. The monoisotopic (exact) mass is 457 g/mol. The van der Waals surface area contributed by atoms with Crippen molar-refractivity contribution < 1.29 is 32.7 Å². The molecule has 2 aromatic rings. The van der Waals surface area contributed by atoms with Crippen LogP contribution < -0.4 is 0 Å². The molecule has 0 fully saturated rings. The number of rotatable bonds is 5. The van der Waals surface area contributed by atoms with E-state index in [2.05, 4.69) is 10.2 Å². The molecule has 1 N–H and O–H groups in total. The van der Waals surface area contributed by atoms with Gasteiger partial charge in [0.05, 0.1) is 22.4 Å². The molecule has 170 valence electrons. The lowest BCUT2D eigenvalue weighted by molar-refractivity contribution is -0.137. The van der Waals surface area contributed by atoms with Gasteiger partial charge in [-0.05, 0) is 43.2 Å². The van der Waals surface area contributed by atoms with Crippen molar-refractivity contribution in [3.63, 3.8) is 0 Å². The summed E-state index contributed by atoms with van der Waals surface area (Å²) in [5.74, 6) is -2.52. The number of carbonyl (C=O) groups excluding carboxylic acids is 3. The third kappa shape index (κ3) is 3.51. The summed E-state index contributed by atoms with van der Waals surface area (Å²) in [6, 6.07) is 6.52. The van der Waals surface area contributed by atoms with E-state index in [1.165, 1.54) is 23.1 Å². The Morgan fingerprint density at radius 3 is 2.27 bits per heavy atom. The van der Waals surface area contributed by atoms with Crippen molar-refractivity contribution in [3.05, 3.63) is 69.9 Å². The topological polar surface area (TPSA) is 99.4 Å². The van der Waals surface area contributed by atoms with Gasteiger partial charge in [-0.25, -0.2) is 0 Å². The molecule has 7 nitrogen and oxygen atoms in total. The number of carbonyl (C=O) groups is 3. The number of imide groups is 1. The summed E-state index contributed by atoms with van der Waals surface area (Å²) in [6.07, 6.45) is -3.51. The van der Waals surface area contributed by atoms with E-state index >= 15 is 0 Å². The predicted octanol–water partition coefficient (Wildman–Crippen LogP) is 5.70. The molecule has 10 heteroatoms. The molecule has 0 aromatic heterocycles. The fourth-order valence-corrected chi connectivity index (χ4v) is 4.03. The summed E-state index contributed by atoms with van der Waals surface area (Å²) >= 11 is 0. The van der Waals surface area contributed by atoms with Gasteiger partial charge in [0.25, 0.3) is 11.8 Å². The summed E-state index contributed by atoms with van der Waals surface area (Å²) in [5.41, 5.74) is -1.83. The van der Waals surface area contributed by atoms with Crippen LogP contribution in [0, 0.1) is 0 Å². The molecule has 1 aliphatic heterocycles. The Labute approximate surface area is 186 Å². The van der Waals surface area contributed by atoms with Crippen molar-refractivity contribution in [1.82, 2.24) is 4.90 Å². The Morgan fingerprint density at radius 2 is 1.64 bits per heavy atom. The number of aliphatic hydroxyl groups excluding tert-OH is 1. The largest absolute Gasteiger partial charge is 0.505 e. The number of nitrogens with zero attached hydrogens (tertiary/aromatic N) is 3. The fourth-order valence-electron chi connectivity index (χ4n) is 4.03. The highest BCUT2D eigenvalue weighted by molar-refractivity contribution is 6.23. The van der Waals surface area contributed by atoms with E-state index in [1.54, 1.807) is 0 Å². The quantitative estimate of drug-likeness (QED) is 0.460. The number of allylic oxidation sites excluding steroid dienone is 1. The van der Waals surface area contributed by atoms with E-state index in [-0.39, 0.29) is 34.0 Å². The number of halogens is 3. The molecule has 1 heterocycles. The number of alkyl halides is 3. The van der Waals surface area contributed by atoms with Crippen LogP contribution in [-0.4, -0.2) is 33.6 Å². The molecule has 2 aromatic carbocycles. The van der Waals surface area contributed by atoms with Crippen molar-refractivity contribution in [2.24, 2.45) is 10.2 Å². The van der Waals surface area contributed by atoms with Crippen molar-refractivity contribution in [2.75, 3.05) is 0 Å². The van der Waals surface area contributed by atoms with Gasteiger partial charge in [-0.3, -0.25) is 19.3 Å². The van der Waals surface area contributed by atoms with Crippen LogP contribution in [-0.2, 0) is 6.18 Å². The Hall–Kier alpha value is -3.82. The van der Waals surface area contributed by atoms with E-state index in [4.69, 9.17) is 0 Å². The molecule has 0 spiro atoms. The van der Waals surface area contributed by atoms with Crippen molar-refractivity contribution >= 4 is 29.0 Å². The van der Waals surface area contributed by atoms with Crippen LogP contribution in [0.4, 0.5) is 18.9 Å². The molecule has 0 bridgehead atoms. The zero-order valence-electron chi connectivity index (χ0n) is 17.6. The normalized spacial score (nSPS) is 15.9. The third-order valence-electron chi connectivity index (χ3n) is 5.78. The highest BCUT2D eigenvalue weighted by Crippen LogP contribution is 2.38. The minimum absolute atomic E-state index is 0.0133. The van der Waals surface area contributed by atoms with E-state index in [0.717, 1.165) is 12.1 Å². The molecule has 0 saturated heterocycles. The lowest BCUT2D eigenvalue weighted by atomic mass is 10.0. The highest BCUT2D eigenvalue weighted by atomic mass is 19.4. The average Bonchev–Trinajstić information content (AvgIpc) is 3.18. The maximum absolute atomic E-state index is 13.0. The van der Waals surface area contributed by atoms with Crippen LogP contribution in [0.5, 0.6) is 0 Å².